The van der Waals surface area contributed by atoms with E-state index in [0.717, 1.165) is 18.6 Å². The lowest BCUT2D eigenvalue weighted by molar-refractivity contribution is 0.0728. The van der Waals surface area contributed by atoms with Crippen LogP contribution in [0.15, 0.2) is 76.2 Å². The van der Waals surface area contributed by atoms with Crippen LogP contribution in [0.1, 0.15) is 28.1 Å². The Hall–Kier alpha value is -2.75. The summed E-state index contributed by atoms with van der Waals surface area (Å²) in [6.45, 7) is 1.13. The van der Waals surface area contributed by atoms with Gasteiger partial charge in [0.15, 0.2) is 0 Å². The molecule has 0 aliphatic heterocycles. The molecule has 3 aromatic rings. The predicted molar refractivity (Wildman–Crippen MR) is 86.9 cm³/mol. The van der Waals surface area contributed by atoms with Crippen molar-refractivity contribution in [2.75, 3.05) is 6.54 Å². The van der Waals surface area contributed by atoms with Crippen LogP contribution in [0, 0.1) is 0 Å². The molecule has 0 saturated carbocycles. The molecule has 0 radical (unpaired) electrons. The molecule has 0 unspecified atom stereocenters. The molecular formula is C19H19NO3. The summed E-state index contributed by atoms with van der Waals surface area (Å²) < 4.78 is 10.4. The molecule has 0 saturated heterocycles. The van der Waals surface area contributed by atoms with Crippen molar-refractivity contribution in [1.82, 2.24) is 4.90 Å². The minimum absolute atomic E-state index is 0.0387. The monoisotopic (exact) mass is 309 g/mol. The first-order valence-electron chi connectivity index (χ1n) is 7.71. The predicted octanol–water partition coefficient (Wildman–Crippen LogP) is 4.15. The van der Waals surface area contributed by atoms with E-state index in [1.807, 2.05) is 30.3 Å². The zero-order valence-corrected chi connectivity index (χ0v) is 12.9. The topological polar surface area (TPSA) is 46.6 Å². The first-order chi connectivity index (χ1) is 11.3. The standard InChI is InChI=1S/C19H19NO3/c21-19(17-10-13-22-15-17)20(14-18-9-5-12-23-18)11-4-8-16-6-2-1-3-7-16/h1-3,5-7,9-10,12-13,15H,4,8,11,14H2. The van der Waals surface area contributed by atoms with Crippen molar-refractivity contribution in [3.8, 4) is 0 Å². The molecule has 0 bridgehead atoms. The summed E-state index contributed by atoms with van der Waals surface area (Å²) in [5, 5.41) is 0. The van der Waals surface area contributed by atoms with E-state index in [1.165, 1.54) is 18.1 Å². The Morgan fingerprint density at radius 2 is 1.87 bits per heavy atom. The quantitative estimate of drug-likeness (QED) is 0.658. The SMILES string of the molecule is O=C(c1ccoc1)N(CCCc1ccccc1)Cc1ccco1. The van der Waals surface area contributed by atoms with Gasteiger partial charge >= 0.3 is 0 Å². The van der Waals surface area contributed by atoms with Gasteiger partial charge in [0.05, 0.1) is 24.6 Å². The number of aryl methyl sites for hydroxylation is 1. The number of hydrogen-bond donors (Lipinski definition) is 0. The fourth-order valence-corrected chi connectivity index (χ4v) is 2.53. The van der Waals surface area contributed by atoms with E-state index in [9.17, 15) is 4.79 Å². The average molecular weight is 309 g/mol. The summed E-state index contributed by atoms with van der Waals surface area (Å²) in [5.41, 5.74) is 1.84. The van der Waals surface area contributed by atoms with E-state index in [2.05, 4.69) is 12.1 Å². The summed E-state index contributed by atoms with van der Waals surface area (Å²) in [5.74, 6) is 0.741. The second-order valence-electron chi connectivity index (χ2n) is 5.41. The van der Waals surface area contributed by atoms with Gasteiger partial charge in [-0.3, -0.25) is 4.79 Å². The van der Waals surface area contributed by atoms with Crippen molar-refractivity contribution >= 4 is 5.91 Å². The highest BCUT2D eigenvalue weighted by Gasteiger charge is 2.18. The van der Waals surface area contributed by atoms with Gasteiger partial charge < -0.3 is 13.7 Å². The number of benzene rings is 1. The number of rotatable bonds is 7. The van der Waals surface area contributed by atoms with Gasteiger partial charge in [-0.25, -0.2) is 0 Å². The van der Waals surface area contributed by atoms with Crippen LogP contribution in [0.2, 0.25) is 0 Å². The number of carbonyl (C=O) groups is 1. The molecule has 118 valence electrons. The molecular weight excluding hydrogens is 290 g/mol. The molecule has 23 heavy (non-hydrogen) atoms. The van der Waals surface area contributed by atoms with Crippen molar-refractivity contribution in [2.45, 2.75) is 19.4 Å². The van der Waals surface area contributed by atoms with Gasteiger partial charge in [-0.1, -0.05) is 30.3 Å². The Kier molecular flexibility index (Phi) is 4.94. The molecule has 0 spiro atoms. The number of hydrogen-bond acceptors (Lipinski definition) is 3. The molecule has 2 heterocycles. The van der Waals surface area contributed by atoms with E-state index in [4.69, 9.17) is 8.83 Å². The lowest BCUT2D eigenvalue weighted by Crippen LogP contribution is -2.31. The van der Waals surface area contributed by atoms with Crippen LogP contribution in [-0.4, -0.2) is 17.4 Å². The van der Waals surface area contributed by atoms with E-state index in [0.29, 0.717) is 18.7 Å². The normalized spacial score (nSPS) is 10.6. The molecule has 1 aromatic carbocycles. The molecule has 1 amide bonds. The Morgan fingerprint density at radius 3 is 2.57 bits per heavy atom. The van der Waals surface area contributed by atoms with Crippen molar-refractivity contribution in [3.63, 3.8) is 0 Å². The fourth-order valence-electron chi connectivity index (χ4n) is 2.53. The second-order valence-corrected chi connectivity index (χ2v) is 5.41. The summed E-state index contributed by atoms with van der Waals surface area (Å²) in [6.07, 6.45) is 6.46. The fraction of sp³-hybridized carbons (Fsp3) is 0.211. The van der Waals surface area contributed by atoms with Crippen LogP contribution in [0.5, 0.6) is 0 Å². The highest BCUT2D eigenvalue weighted by atomic mass is 16.3. The molecule has 4 heteroatoms. The first kappa shape index (κ1) is 15.2. The number of carbonyl (C=O) groups excluding carboxylic acids is 1. The van der Waals surface area contributed by atoms with Gasteiger partial charge in [0.2, 0.25) is 0 Å². The second kappa shape index (κ2) is 7.49. The third kappa shape index (κ3) is 4.13. The van der Waals surface area contributed by atoms with Crippen LogP contribution in [-0.2, 0) is 13.0 Å². The summed E-state index contributed by atoms with van der Waals surface area (Å²) in [6, 6.07) is 15.7. The number of furan rings is 2. The molecule has 2 aromatic heterocycles. The lowest BCUT2D eigenvalue weighted by atomic mass is 10.1. The van der Waals surface area contributed by atoms with E-state index in [-0.39, 0.29) is 5.91 Å². The summed E-state index contributed by atoms with van der Waals surface area (Å²) in [7, 11) is 0. The summed E-state index contributed by atoms with van der Waals surface area (Å²) >= 11 is 0. The van der Waals surface area contributed by atoms with Crippen molar-refractivity contribution < 1.29 is 13.6 Å². The van der Waals surface area contributed by atoms with E-state index >= 15 is 0 Å². The van der Waals surface area contributed by atoms with Gasteiger partial charge in [-0.2, -0.15) is 0 Å². The zero-order chi connectivity index (χ0) is 15.9. The lowest BCUT2D eigenvalue weighted by Gasteiger charge is -2.21. The highest BCUT2D eigenvalue weighted by molar-refractivity contribution is 5.93. The largest absolute Gasteiger partial charge is 0.472 e. The number of nitrogens with zero attached hydrogens (tertiary/aromatic N) is 1. The van der Waals surface area contributed by atoms with Gasteiger partial charge in [0, 0.05) is 6.54 Å². The van der Waals surface area contributed by atoms with Gasteiger partial charge in [0.25, 0.3) is 5.91 Å². The van der Waals surface area contributed by atoms with Gasteiger partial charge in [-0.05, 0) is 36.6 Å². The van der Waals surface area contributed by atoms with Crippen LogP contribution in [0.3, 0.4) is 0 Å². The summed E-state index contributed by atoms with van der Waals surface area (Å²) in [4.78, 5) is 14.4. The van der Waals surface area contributed by atoms with Crippen molar-refractivity contribution in [2.24, 2.45) is 0 Å². The highest BCUT2D eigenvalue weighted by Crippen LogP contribution is 2.13. The maximum absolute atomic E-state index is 12.6. The molecule has 0 N–H and O–H groups in total. The van der Waals surface area contributed by atoms with Crippen LogP contribution < -0.4 is 0 Å². The molecule has 0 atom stereocenters. The third-order valence-electron chi connectivity index (χ3n) is 3.72. The Labute approximate surface area is 135 Å². The first-order valence-corrected chi connectivity index (χ1v) is 7.71. The molecule has 4 nitrogen and oxygen atoms in total. The minimum Gasteiger partial charge on any atom is -0.472 e. The van der Waals surface area contributed by atoms with Crippen LogP contribution in [0.4, 0.5) is 0 Å². The maximum atomic E-state index is 12.6. The minimum atomic E-state index is -0.0387. The van der Waals surface area contributed by atoms with Gasteiger partial charge in [0.1, 0.15) is 12.0 Å². The Morgan fingerprint density at radius 1 is 1.00 bits per heavy atom. The maximum Gasteiger partial charge on any atom is 0.257 e. The third-order valence-corrected chi connectivity index (χ3v) is 3.72. The van der Waals surface area contributed by atoms with Crippen LogP contribution >= 0.6 is 0 Å². The van der Waals surface area contributed by atoms with Crippen LogP contribution in [0.25, 0.3) is 0 Å². The zero-order valence-electron chi connectivity index (χ0n) is 12.9. The molecule has 0 aliphatic rings. The van der Waals surface area contributed by atoms with E-state index in [1.54, 1.807) is 17.2 Å². The number of amides is 1. The Bertz CT molecular complexity index is 702. The van der Waals surface area contributed by atoms with Gasteiger partial charge in [-0.15, -0.1) is 0 Å². The van der Waals surface area contributed by atoms with E-state index < -0.39 is 0 Å². The molecule has 0 fully saturated rings. The van der Waals surface area contributed by atoms with Crippen molar-refractivity contribution in [3.05, 3.63) is 84.2 Å². The Balaban J connectivity index is 1.64. The molecule has 3 rings (SSSR count). The molecule has 0 aliphatic carbocycles. The van der Waals surface area contributed by atoms with Crippen molar-refractivity contribution in [1.29, 1.82) is 0 Å². The smallest absolute Gasteiger partial charge is 0.257 e. The average Bonchev–Trinajstić information content (AvgIpc) is 3.28.